The molecule has 0 radical (unpaired) electrons. The zero-order valence-corrected chi connectivity index (χ0v) is 10.8. The van der Waals surface area contributed by atoms with Gasteiger partial charge >= 0.3 is 6.18 Å². The van der Waals surface area contributed by atoms with Crippen molar-refractivity contribution in [2.24, 2.45) is 0 Å². The molecule has 3 nitrogen and oxygen atoms in total. The molecular formula is C14H14F3N3. The second-order valence-electron chi connectivity index (χ2n) is 4.29. The van der Waals surface area contributed by atoms with Crippen LogP contribution in [0.15, 0.2) is 36.5 Å². The number of halogens is 3. The molecule has 0 saturated carbocycles. The fourth-order valence-corrected chi connectivity index (χ4v) is 1.83. The third-order valence-electron chi connectivity index (χ3n) is 2.91. The van der Waals surface area contributed by atoms with Crippen LogP contribution in [0.5, 0.6) is 0 Å². The fraction of sp³-hybridized carbons (Fsp3) is 0.214. The molecule has 1 aromatic carbocycles. The van der Waals surface area contributed by atoms with Crippen molar-refractivity contribution in [2.75, 3.05) is 11.1 Å². The summed E-state index contributed by atoms with van der Waals surface area (Å²) in [5.74, 6) is 0.0314. The molecule has 0 aliphatic heterocycles. The third kappa shape index (κ3) is 3.01. The normalized spacial score (nSPS) is 11.4. The molecular weight excluding hydrogens is 267 g/mol. The van der Waals surface area contributed by atoms with Gasteiger partial charge in [0.1, 0.15) is 5.82 Å². The topological polar surface area (TPSA) is 50.9 Å². The summed E-state index contributed by atoms with van der Waals surface area (Å²) in [6, 6.07) is 8.34. The molecule has 20 heavy (non-hydrogen) atoms. The molecule has 0 aliphatic rings. The minimum Gasteiger partial charge on any atom is -0.382 e. The van der Waals surface area contributed by atoms with E-state index in [-0.39, 0.29) is 11.5 Å². The number of anilines is 3. The van der Waals surface area contributed by atoms with Crippen LogP contribution >= 0.6 is 0 Å². The molecule has 2 aromatic rings. The molecule has 106 valence electrons. The minimum atomic E-state index is -4.44. The Morgan fingerprint density at radius 1 is 1.20 bits per heavy atom. The Balaban J connectivity index is 2.38. The minimum absolute atomic E-state index is 0.0314. The SMILES string of the molecule is CCc1ccccc1Nc1cc(C(F)(F)F)cnc1N. The van der Waals surface area contributed by atoms with E-state index in [1.807, 2.05) is 19.1 Å². The highest BCUT2D eigenvalue weighted by atomic mass is 19.4. The van der Waals surface area contributed by atoms with Crippen LogP contribution in [-0.4, -0.2) is 4.98 Å². The van der Waals surface area contributed by atoms with Crippen LogP contribution in [0.4, 0.5) is 30.4 Å². The maximum absolute atomic E-state index is 12.7. The van der Waals surface area contributed by atoms with Crippen LogP contribution in [0.25, 0.3) is 0 Å². The lowest BCUT2D eigenvalue weighted by Crippen LogP contribution is -2.08. The third-order valence-corrected chi connectivity index (χ3v) is 2.91. The van der Waals surface area contributed by atoms with Gasteiger partial charge in [-0.05, 0) is 24.1 Å². The lowest BCUT2D eigenvalue weighted by Gasteiger charge is -2.14. The van der Waals surface area contributed by atoms with E-state index in [1.165, 1.54) is 0 Å². The van der Waals surface area contributed by atoms with E-state index >= 15 is 0 Å². The van der Waals surface area contributed by atoms with Gasteiger partial charge < -0.3 is 11.1 Å². The molecule has 0 unspecified atom stereocenters. The van der Waals surface area contributed by atoms with Gasteiger partial charge in [-0.3, -0.25) is 0 Å². The summed E-state index contributed by atoms with van der Waals surface area (Å²) in [6.45, 7) is 1.97. The van der Waals surface area contributed by atoms with Crippen LogP contribution < -0.4 is 11.1 Å². The number of nitrogens with zero attached hydrogens (tertiary/aromatic N) is 1. The summed E-state index contributed by atoms with van der Waals surface area (Å²) in [7, 11) is 0. The highest BCUT2D eigenvalue weighted by molar-refractivity contribution is 5.72. The van der Waals surface area contributed by atoms with Gasteiger partial charge in [0.05, 0.1) is 11.3 Å². The van der Waals surface area contributed by atoms with Gasteiger partial charge in [-0.1, -0.05) is 25.1 Å². The second kappa shape index (κ2) is 5.40. The monoisotopic (exact) mass is 281 g/mol. The standard InChI is InChI=1S/C14H14F3N3/c1-2-9-5-3-4-6-11(9)20-12-7-10(14(15,16)17)8-19-13(12)18/h3-8,20H,2H2,1H3,(H2,18,19). The molecule has 6 heteroatoms. The Morgan fingerprint density at radius 2 is 1.90 bits per heavy atom. The predicted octanol–water partition coefficient (Wildman–Crippen LogP) is 3.99. The summed E-state index contributed by atoms with van der Waals surface area (Å²) in [5.41, 5.74) is 6.67. The number of nitrogens with one attached hydrogen (secondary N) is 1. The second-order valence-corrected chi connectivity index (χ2v) is 4.29. The smallest absolute Gasteiger partial charge is 0.382 e. The number of hydrogen-bond donors (Lipinski definition) is 2. The lowest BCUT2D eigenvalue weighted by atomic mass is 10.1. The van der Waals surface area contributed by atoms with Gasteiger partial charge in [0.25, 0.3) is 0 Å². The zero-order valence-electron chi connectivity index (χ0n) is 10.8. The number of rotatable bonds is 3. The number of para-hydroxylation sites is 1. The van der Waals surface area contributed by atoms with Gasteiger partial charge in [0, 0.05) is 11.9 Å². The summed E-state index contributed by atoms with van der Waals surface area (Å²) < 4.78 is 38.0. The largest absolute Gasteiger partial charge is 0.417 e. The van der Waals surface area contributed by atoms with E-state index in [0.717, 1.165) is 29.9 Å². The summed E-state index contributed by atoms with van der Waals surface area (Å²) in [4.78, 5) is 3.59. The van der Waals surface area contributed by atoms with Crippen LogP contribution in [0, 0.1) is 0 Å². The first-order chi connectivity index (χ1) is 9.41. The summed E-state index contributed by atoms with van der Waals surface area (Å²) >= 11 is 0. The van der Waals surface area contributed by atoms with E-state index < -0.39 is 11.7 Å². The number of hydrogen-bond acceptors (Lipinski definition) is 3. The number of benzene rings is 1. The highest BCUT2D eigenvalue weighted by Gasteiger charge is 2.31. The molecule has 0 atom stereocenters. The van der Waals surface area contributed by atoms with Crippen molar-refractivity contribution in [2.45, 2.75) is 19.5 Å². The summed E-state index contributed by atoms with van der Waals surface area (Å²) in [5, 5.41) is 2.92. The molecule has 0 spiro atoms. The van der Waals surface area contributed by atoms with Gasteiger partial charge in [0.15, 0.2) is 0 Å². The number of aromatic nitrogens is 1. The van der Waals surface area contributed by atoms with E-state index in [4.69, 9.17) is 5.73 Å². The average Bonchev–Trinajstić information content (AvgIpc) is 2.40. The van der Waals surface area contributed by atoms with Crippen molar-refractivity contribution in [1.82, 2.24) is 4.98 Å². The lowest BCUT2D eigenvalue weighted by molar-refractivity contribution is -0.137. The van der Waals surface area contributed by atoms with E-state index in [2.05, 4.69) is 10.3 Å². The van der Waals surface area contributed by atoms with E-state index in [0.29, 0.717) is 0 Å². The van der Waals surface area contributed by atoms with Crippen molar-refractivity contribution in [3.63, 3.8) is 0 Å². The number of nitrogen functional groups attached to an aromatic ring is 1. The Hall–Kier alpha value is -2.24. The molecule has 0 fully saturated rings. The number of aryl methyl sites for hydroxylation is 1. The zero-order chi connectivity index (χ0) is 14.8. The Labute approximate surface area is 114 Å². The molecule has 1 heterocycles. The number of alkyl halides is 3. The van der Waals surface area contributed by atoms with Crippen LogP contribution in [0.2, 0.25) is 0 Å². The molecule has 1 aromatic heterocycles. The first-order valence-electron chi connectivity index (χ1n) is 6.09. The quantitative estimate of drug-likeness (QED) is 0.894. The Kier molecular flexibility index (Phi) is 3.83. The highest BCUT2D eigenvalue weighted by Crippen LogP contribution is 2.33. The number of pyridine rings is 1. The van der Waals surface area contributed by atoms with Crippen LogP contribution in [-0.2, 0) is 12.6 Å². The number of nitrogens with two attached hydrogens (primary N) is 1. The van der Waals surface area contributed by atoms with Crippen molar-refractivity contribution in [1.29, 1.82) is 0 Å². The van der Waals surface area contributed by atoms with Gasteiger partial charge in [-0.15, -0.1) is 0 Å². The van der Waals surface area contributed by atoms with Gasteiger partial charge in [-0.25, -0.2) is 4.98 Å². The molecule has 0 amide bonds. The van der Waals surface area contributed by atoms with Crippen LogP contribution in [0.3, 0.4) is 0 Å². The maximum Gasteiger partial charge on any atom is 0.417 e. The van der Waals surface area contributed by atoms with Crippen molar-refractivity contribution in [3.8, 4) is 0 Å². The first-order valence-corrected chi connectivity index (χ1v) is 6.09. The summed E-state index contributed by atoms with van der Waals surface area (Å²) in [6.07, 6.45) is -2.96. The average molecular weight is 281 g/mol. The van der Waals surface area contributed by atoms with Gasteiger partial charge in [-0.2, -0.15) is 13.2 Å². The van der Waals surface area contributed by atoms with Gasteiger partial charge in [0.2, 0.25) is 0 Å². The van der Waals surface area contributed by atoms with Crippen molar-refractivity contribution < 1.29 is 13.2 Å². The molecule has 2 rings (SSSR count). The molecule has 0 saturated heterocycles. The van der Waals surface area contributed by atoms with Crippen molar-refractivity contribution >= 4 is 17.2 Å². The van der Waals surface area contributed by atoms with Crippen molar-refractivity contribution in [3.05, 3.63) is 47.7 Å². The van der Waals surface area contributed by atoms with E-state index in [1.54, 1.807) is 12.1 Å². The van der Waals surface area contributed by atoms with Crippen LogP contribution in [0.1, 0.15) is 18.1 Å². The predicted molar refractivity (Wildman–Crippen MR) is 72.8 cm³/mol. The molecule has 3 N–H and O–H groups in total. The molecule has 0 aliphatic carbocycles. The fourth-order valence-electron chi connectivity index (χ4n) is 1.83. The van der Waals surface area contributed by atoms with E-state index in [9.17, 15) is 13.2 Å². The Morgan fingerprint density at radius 3 is 2.55 bits per heavy atom. The first kappa shape index (κ1) is 14.2. The molecule has 0 bridgehead atoms. The Bertz CT molecular complexity index is 609. The maximum atomic E-state index is 12.7.